The van der Waals surface area contributed by atoms with Crippen molar-refractivity contribution < 1.29 is 4.92 Å². The highest BCUT2D eigenvalue weighted by atomic mass is 16.6. The monoisotopic (exact) mass is 205 g/mol. The SMILES string of the molecule is CC/C(=C\c1ccc(C)c(C)c1)[N+](=O)[O-]. The molecule has 15 heavy (non-hydrogen) atoms. The molecule has 0 aliphatic carbocycles. The zero-order chi connectivity index (χ0) is 11.4. The second-order valence-electron chi connectivity index (χ2n) is 3.59. The first-order valence-electron chi connectivity index (χ1n) is 4.96. The van der Waals surface area contributed by atoms with Gasteiger partial charge in [-0.05, 0) is 30.5 Å². The Morgan fingerprint density at radius 1 is 1.40 bits per heavy atom. The molecule has 1 rings (SSSR count). The van der Waals surface area contributed by atoms with Crippen molar-refractivity contribution in [1.29, 1.82) is 0 Å². The van der Waals surface area contributed by atoms with Crippen LogP contribution in [0.15, 0.2) is 23.9 Å². The molecule has 0 heterocycles. The number of nitrogens with zero attached hydrogens (tertiary/aromatic N) is 1. The molecule has 3 nitrogen and oxygen atoms in total. The smallest absolute Gasteiger partial charge is 0.246 e. The summed E-state index contributed by atoms with van der Waals surface area (Å²) in [6.07, 6.45) is 2.08. The maximum absolute atomic E-state index is 10.6. The van der Waals surface area contributed by atoms with Crippen molar-refractivity contribution >= 4 is 6.08 Å². The van der Waals surface area contributed by atoms with Gasteiger partial charge in [0.1, 0.15) is 0 Å². The second kappa shape index (κ2) is 4.73. The number of hydrogen-bond acceptors (Lipinski definition) is 2. The third kappa shape index (κ3) is 2.91. The van der Waals surface area contributed by atoms with Gasteiger partial charge in [0.25, 0.3) is 0 Å². The molecule has 3 heteroatoms. The molecule has 80 valence electrons. The van der Waals surface area contributed by atoms with Crippen molar-refractivity contribution in [3.8, 4) is 0 Å². The van der Waals surface area contributed by atoms with Gasteiger partial charge in [0.15, 0.2) is 0 Å². The van der Waals surface area contributed by atoms with Crippen molar-refractivity contribution in [2.24, 2.45) is 0 Å². The van der Waals surface area contributed by atoms with Crippen LogP contribution in [0.2, 0.25) is 0 Å². The van der Waals surface area contributed by atoms with Gasteiger partial charge in [-0.25, -0.2) is 0 Å². The van der Waals surface area contributed by atoms with Gasteiger partial charge in [-0.3, -0.25) is 10.1 Å². The lowest BCUT2D eigenvalue weighted by molar-refractivity contribution is -0.425. The Labute approximate surface area is 89.6 Å². The van der Waals surface area contributed by atoms with Gasteiger partial charge in [0.2, 0.25) is 5.70 Å². The Kier molecular flexibility index (Phi) is 3.61. The van der Waals surface area contributed by atoms with Gasteiger partial charge < -0.3 is 0 Å². The molecule has 0 N–H and O–H groups in total. The van der Waals surface area contributed by atoms with Crippen molar-refractivity contribution in [3.63, 3.8) is 0 Å². The minimum absolute atomic E-state index is 0.248. The highest BCUT2D eigenvalue weighted by Crippen LogP contribution is 2.14. The van der Waals surface area contributed by atoms with E-state index in [9.17, 15) is 10.1 Å². The molecule has 0 fully saturated rings. The van der Waals surface area contributed by atoms with Crippen molar-refractivity contribution in [2.45, 2.75) is 27.2 Å². The quantitative estimate of drug-likeness (QED) is 0.561. The average Bonchev–Trinajstić information content (AvgIpc) is 2.19. The highest BCUT2D eigenvalue weighted by Gasteiger charge is 2.06. The molecule has 0 aliphatic heterocycles. The lowest BCUT2D eigenvalue weighted by Crippen LogP contribution is -1.96. The molecule has 1 aromatic carbocycles. The number of rotatable bonds is 3. The summed E-state index contributed by atoms with van der Waals surface area (Å²) in [5, 5.41) is 10.6. The summed E-state index contributed by atoms with van der Waals surface area (Å²) in [7, 11) is 0. The topological polar surface area (TPSA) is 43.1 Å². The molecule has 0 amide bonds. The Balaban J connectivity index is 3.07. The van der Waals surface area contributed by atoms with E-state index >= 15 is 0 Å². The number of allylic oxidation sites excluding steroid dienone is 1. The summed E-state index contributed by atoms with van der Waals surface area (Å²) >= 11 is 0. The van der Waals surface area contributed by atoms with Gasteiger partial charge in [-0.1, -0.05) is 25.1 Å². The van der Waals surface area contributed by atoms with Crippen LogP contribution in [0.4, 0.5) is 0 Å². The molecular weight excluding hydrogens is 190 g/mol. The summed E-state index contributed by atoms with van der Waals surface area (Å²) < 4.78 is 0. The molecular formula is C12H15NO2. The number of aryl methyl sites for hydroxylation is 2. The Bertz CT molecular complexity index is 408. The lowest BCUT2D eigenvalue weighted by Gasteiger charge is -2.01. The summed E-state index contributed by atoms with van der Waals surface area (Å²) in [6.45, 7) is 5.82. The summed E-state index contributed by atoms with van der Waals surface area (Å²) in [5.74, 6) is 0. The van der Waals surface area contributed by atoms with E-state index in [4.69, 9.17) is 0 Å². The second-order valence-corrected chi connectivity index (χ2v) is 3.59. The van der Waals surface area contributed by atoms with Crippen LogP contribution in [0, 0.1) is 24.0 Å². The first-order chi connectivity index (χ1) is 7.04. The molecule has 0 aromatic heterocycles. The summed E-state index contributed by atoms with van der Waals surface area (Å²) in [5.41, 5.74) is 3.50. The Hall–Kier alpha value is -1.64. The van der Waals surface area contributed by atoms with Crippen LogP contribution >= 0.6 is 0 Å². The first-order valence-corrected chi connectivity index (χ1v) is 4.96. The minimum Gasteiger partial charge on any atom is -0.259 e. The standard InChI is InChI=1S/C12H15NO2/c1-4-12(13(14)15)8-11-6-5-9(2)10(3)7-11/h5-8H,4H2,1-3H3/b12-8+. The van der Waals surface area contributed by atoms with Crippen LogP contribution in [0.1, 0.15) is 30.0 Å². The van der Waals surface area contributed by atoms with Crippen LogP contribution in [0.25, 0.3) is 6.08 Å². The molecule has 0 atom stereocenters. The van der Waals surface area contributed by atoms with E-state index in [0.717, 1.165) is 11.1 Å². The normalized spacial score (nSPS) is 11.5. The Morgan fingerprint density at radius 2 is 2.07 bits per heavy atom. The van der Waals surface area contributed by atoms with E-state index in [1.165, 1.54) is 5.56 Å². The van der Waals surface area contributed by atoms with Crippen LogP contribution in [0.3, 0.4) is 0 Å². The van der Waals surface area contributed by atoms with E-state index in [2.05, 4.69) is 0 Å². The van der Waals surface area contributed by atoms with E-state index in [1.807, 2.05) is 32.0 Å². The zero-order valence-corrected chi connectivity index (χ0v) is 9.28. The zero-order valence-electron chi connectivity index (χ0n) is 9.28. The molecule has 1 aromatic rings. The van der Waals surface area contributed by atoms with Crippen LogP contribution < -0.4 is 0 Å². The molecule has 0 unspecified atom stereocenters. The van der Waals surface area contributed by atoms with Crippen LogP contribution in [0.5, 0.6) is 0 Å². The Morgan fingerprint density at radius 3 is 2.53 bits per heavy atom. The molecule has 0 spiro atoms. The fraction of sp³-hybridized carbons (Fsp3) is 0.333. The minimum atomic E-state index is -0.324. The predicted octanol–water partition coefficient (Wildman–Crippen LogP) is 3.33. The van der Waals surface area contributed by atoms with Crippen LogP contribution in [-0.2, 0) is 0 Å². The third-order valence-electron chi connectivity index (χ3n) is 2.46. The largest absolute Gasteiger partial charge is 0.259 e. The lowest BCUT2D eigenvalue weighted by atomic mass is 10.1. The van der Waals surface area contributed by atoms with E-state index in [0.29, 0.717) is 6.42 Å². The molecule has 0 aliphatic rings. The number of hydrogen-bond donors (Lipinski definition) is 0. The molecule has 0 radical (unpaired) electrons. The van der Waals surface area contributed by atoms with Crippen molar-refractivity contribution in [3.05, 3.63) is 50.7 Å². The van der Waals surface area contributed by atoms with E-state index < -0.39 is 0 Å². The summed E-state index contributed by atoms with van der Waals surface area (Å²) in [4.78, 5) is 10.3. The summed E-state index contributed by atoms with van der Waals surface area (Å²) in [6, 6.07) is 5.85. The number of nitro groups is 1. The first kappa shape index (κ1) is 11.4. The third-order valence-corrected chi connectivity index (χ3v) is 2.46. The highest BCUT2D eigenvalue weighted by molar-refractivity contribution is 5.53. The molecule has 0 saturated heterocycles. The fourth-order valence-corrected chi connectivity index (χ4v) is 1.33. The number of benzene rings is 1. The predicted molar refractivity (Wildman–Crippen MR) is 61.2 cm³/mol. The van der Waals surface area contributed by atoms with Crippen LogP contribution in [-0.4, -0.2) is 4.92 Å². The van der Waals surface area contributed by atoms with Crippen molar-refractivity contribution in [1.82, 2.24) is 0 Å². The van der Waals surface area contributed by atoms with E-state index in [-0.39, 0.29) is 10.6 Å². The van der Waals surface area contributed by atoms with Gasteiger partial charge in [-0.15, -0.1) is 0 Å². The molecule has 0 bridgehead atoms. The maximum Gasteiger partial charge on any atom is 0.246 e. The van der Waals surface area contributed by atoms with Gasteiger partial charge in [-0.2, -0.15) is 0 Å². The average molecular weight is 205 g/mol. The fourth-order valence-electron chi connectivity index (χ4n) is 1.33. The van der Waals surface area contributed by atoms with Gasteiger partial charge >= 0.3 is 0 Å². The van der Waals surface area contributed by atoms with Gasteiger partial charge in [0.05, 0.1) is 4.92 Å². The van der Waals surface area contributed by atoms with Crippen molar-refractivity contribution in [2.75, 3.05) is 0 Å². The maximum atomic E-state index is 10.6. The van der Waals surface area contributed by atoms with Gasteiger partial charge in [0, 0.05) is 12.5 Å². The molecule has 0 saturated carbocycles. The van der Waals surface area contributed by atoms with E-state index in [1.54, 1.807) is 13.0 Å².